The summed E-state index contributed by atoms with van der Waals surface area (Å²) in [5.41, 5.74) is 2.77. The summed E-state index contributed by atoms with van der Waals surface area (Å²) in [5.74, 6) is -1.07. The Morgan fingerprint density at radius 1 is 0.920 bits per heavy atom. The lowest BCUT2D eigenvalue weighted by Gasteiger charge is -2.40. The van der Waals surface area contributed by atoms with Gasteiger partial charge in [-0.25, -0.2) is 9.59 Å². The van der Waals surface area contributed by atoms with Crippen molar-refractivity contribution in [2.24, 2.45) is 0 Å². The lowest BCUT2D eigenvalue weighted by molar-refractivity contribution is -0.139. The van der Waals surface area contributed by atoms with E-state index in [0.29, 0.717) is 50.0 Å². The number of carbonyl (C=O) groups is 4. The number of alkyl carbamates (subject to hydrolysis) is 1. The third-order valence-corrected chi connectivity index (χ3v) is 9.40. The molecule has 2 N–H and O–H groups in total. The number of carbonyl (C=O) groups excluding carboxylic acids is 4. The van der Waals surface area contributed by atoms with Crippen molar-refractivity contribution in [2.75, 3.05) is 20.2 Å². The molecule has 264 valence electrons. The molecule has 1 aliphatic carbocycles. The maximum atomic E-state index is 14.2. The van der Waals surface area contributed by atoms with E-state index in [1.54, 1.807) is 52.9 Å². The predicted octanol–water partition coefficient (Wildman–Crippen LogP) is 5.98. The molecule has 0 bridgehead atoms. The number of likely N-dealkylation sites (tertiary alicyclic amines) is 1. The number of piperidine rings is 1. The molecule has 3 amide bonds. The van der Waals surface area contributed by atoms with Crippen LogP contribution in [0, 0.1) is 0 Å². The first kappa shape index (κ1) is 36.3. The second kappa shape index (κ2) is 14.9. The average molecular weight is 681 g/mol. The number of nitrogens with zero attached hydrogens (tertiary/aromatic N) is 2. The third-order valence-electron chi connectivity index (χ3n) is 9.40. The molecule has 1 atom stereocenters. The third kappa shape index (κ3) is 8.23. The summed E-state index contributed by atoms with van der Waals surface area (Å²) < 4.78 is 10.4. The number of ether oxygens (including phenoxy) is 2. The zero-order valence-corrected chi connectivity index (χ0v) is 29.9. The highest BCUT2D eigenvalue weighted by molar-refractivity contribution is 5.99. The van der Waals surface area contributed by atoms with Crippen molar-refractivity contribution < 1.29 is 28.7 Å². The van der Waals surface area contributed by atoms with Crippen molar-refractivity contribution in [1.29, 1.82) is 0 Å². The van der Waals surface area contributed by atoms with Gasteiger partial charge in [0.25, 0.3) is 0 Å². The van der Waals surface area contributed by atoms with Gasteiger partial charge in [-0.1, -0.05) is 60.7 Å². The first-order valence-electron chi connectivity index (χ1n) is 17.2. The molecule has 1 fully saturated rings. The minimum Gasteiger partial charge on any atom is -0.465 e. The number of fused-ring (bicyclic) bond motifs is 2. The van der Waals surface area contributed by atoms with Crippen molar-refractivity contribution in [2.45, 2.75) is 89.3 Å². The fourth-order valence-electron chi connectivity index (χ4n) is 6.80. The number of hydrogen-bond acceptors (Lipinski definition) is 7. The van der Waals surface area contributed by atoms with Gasteiger partial charge >= 0.3 is 12.1 Å². The van der Waals surface area contributed by atoms with Crippen molar-refractivity contribution in [3.05, 3.63) is 107 Å². The lowest BCUT2D eigenvalue weighted by atomic mass is 9.74. The van der Waals surface area contributed by atoms with Gasteiger partial charge in [-0.3, -0.25) is 14.6 Å². The van der Waals surface area contributed by atoms with Crippen LogP contribution in [0.2, 0.25) is 0 Å². The van der Waals surface area contributed by atoms with Gasteiger partial charge < -0.3 is 25.0 Å². The largest absolute Gasteiger partial charge is 0.465 e. The molecular formula is C40H48N4O6. The minimum absolute atomic E-state index is 0.150. The van der Waals surface area contributed by atoms with E-state index in [2.05, 4.69) is 33.8 Å². The molecule has 0 radical (unpaired) electrons. The summed E-state index contributed by atoms with van der Waals surface area (Å²) in [6.07, 6.45) is 6.38. The fourth-order valence-corrected chi connectivity index (χ4v) is 6.80. The molecular weight excluding hydrogens is 632 g/mol. The van der Waals surface area contributed by atoms with Gasteiger partial charge in [-0.2, -0.15) is 0 Å². The van der Waals surface area contributed by atoms with Gasteiger partial charge in [-0.15, -0.1) is 0 Å². The first-order chi connectivity index (χ1) is 23.7. The Morgan fingerprint density at radius 2 is 1.60 bits per heavy atom. The van der Waals surface area contributed by atoms with Crippen molar-refractivity contribution in [3.63, 3.8) is 0 Å². The first-order valence-corrected chi connectivity index (χ1v) is 17.2. The summed E-state index contributed by atoms with van der Waals surface area (Å²) in [4.78, 5) is 59.5. The maximum absolute atomic E-state index is 14.2. The molecule has 10 heteroatoms. The van der Waals surface area contributed by atoms with Crippen LogP contribution in [0.25, 0.3) is 5.57 Å². The van der Waals surface area contributed by atoms with Crippen molar-refractivity contribution in [3.8, 4) is 0 Å². The minimum atomic E-state index is -1.32. The molecule has 2 aliphatic rings. The van der Waals surface area contributed by atoms with Crippen LogP contribution >= 0.6 is 0 Å². The quantitative estimate of drug-likeness (QED) is 0.252. The van der Waals surface area contributed by atoms with Crippen LogP contribution in [-0.4, -0.2) is 71.1 Å². The SMILES string of the molecule is COC(=O)c1cccnc1C1=CC2(CCN(C(=O)C(CCCc3ccccc3)NC(=O)C(C)(C)NC(=O)OC(C)(C)C)CC2)c2ccccc21. The Bertz CT molecular complexity index is 1750. The standard InChI is InChI=1S/C40H48N4O6/c1-38(2,3)50-37(48)43-39(4,5)36(47)42-32(20-12-16-27-14-8-7-9-15-27)34(45)44-24-21-40(22-25-44)26-30(28-17-10-11-19-31(28)40)33-29(35(46)49-6)18-13-23-41-33/h7-11,13-15,17-19,23,26,32H,12,16,20-22,24-25H2,1-6H3,(H,42,47)(H,43,48). The second-order valence-electron chi connectivity index (χ2n) is 14.6. The van der Waals surface area contributed by atoms with Crippen LogP contribution in [0.15, 0.2) is 79.0 Å². The molecule has 1 aliphatic heterocycles. The number of hydrogen-bond donors (Lipinski definition) is 2. The van der Waals surface area contributed by atoms with E-state index in [0.717, 1.165) is 28.7 Å². The Hall–Kier alpha value is -4.99. The summed E-state index contributed by atoms with van der Waals surface area (Å²) in [6.45, 7) is 9.41. The lowest BCUT2D eigenvalue weighted by Crippen LogP contribution is -2.60. The molecule has 2 aromatic carbocycles. The topological polar surface area (TPSA) is 127 Å². The zero-order valence-electron chi connectivity index (χ0n) is 29.9. The summed E-state index contributed by atoms with van der Waals surface area (Å²) >= 11 is 0. The van der Waals surface area contributed by atoms with Gasteiger partial charge in [0.1, 0.15) is 17.2 Å². The Balaban J connectivity index is 1.34. The van der Waals surface area contributed by atoms with Crippen LogP contribution in [0.4, 0.5) is 4.79 Å². The number of pyridine rings is 1. The van der Waals surface area contributed by atoms with Gasteiger partial charge in [0.15, 0.2) is 0 Å². The number of amides is 3. The van der Waals surface area contributed by atoms with Gasteiger partial charge in [0, 0.05) is 30.3 Å². The molecule has 1 spiro atoms. The number of allylic oxidation sites excluding steroid dienone is 1. The van der Waals surface area contributed by atoms with Crippen LogP contribution in [0.3, 0.4) is 0 Å². The summed E-state index contributed by atoms with van der Waals surface area (Å²) in [7, 11) is 1.36. The summed E-state index contributed by atoms with van der Waals surface area (Å²) in [6, 6.07) is 20.9. The molecule has 50 heavy (non-hydrogen) atoms. The number of benzene rings is 2. The highest BCUT2D eigenvalue weighted by Crippen LogP contribution is 2.49. The average Bonchev–Trinajstić information content (AvgIpc) is 3.40. The van der Waals surface area contributed by atoms with E-state index in [4.69, 9.17) is 9.47 Å². The Kier molecular flexibility index (Phi) is 10.8. The van der Waals surface area contributed by atoms with Crippen LogP contribution in [0.5, 0.6) is 0 Å². The van der Waals surface area contributed by atoms with E-state index in [1.807, 2.05) is 47.4 Å². The molecule has 5 rings (SSSR count). The van der Waals surface area contributed by atoms with E-state index in [-0.39, 0.29) is 11.3 Å². The number of rotatable bonds is 10. The Labute approximate surface area is 294 Å². The van der Waals surface area contributed by atoms with E-state index in [9.17, 15) is 19.2 Å². The number of esters is 1. The molecule has 1 unspecified atom stereocenters. The molecule has 1 saturated heterocycles. The second-order valence-corrected chi connectivity index (χ2v) is 14.6. The number of aryl methyl sites for hydroxylation is 1. The van der Waals surface area contributed by atoms with E-state index in [1.165, 1.54) is 7.11 Å². The molecule has 10 nitrogen and oxygen atoms in total. The van der Waals surface area contributed by atoms with E-state index >= 15 is 0 Å². The monoisotopic (exact) mass is 680 g/mol. The summed E-state index contributed by atoms with van der Waals surface area (Å²) in [5, 5.41) is 5.63. The highest BCUT2D eigenvalue weighted by Gasteiger charge is 2.44. The molecule has 1 aromatic heterocycles. The van der Waals surface area contributed by atoms with Gasteiger partial charge in [0.2, 0.25) is 11.8 Å². The van der Waals surface area contributed by atoms with Crippen LogP contribution in [0.1, 0.15) is 93.0 Å². The fraction of sp³-hybridized carbons (Fsp3) is 0.425. The van der Waals surface area contributed by atoms with Gasteiger partial charge in [0.05, 0.1) is 18.4 Å². The van der Waals surface area contributed by atoms with E-state index < -0.39 is 35.2 Å². The molecule has 3 aromatic rings. The van der Waals surface area contributed by atoms with Crippen LogP contribution < -0.4 is 10.6 Å². The van der Waals surface area contributed by atoms with Crippen molar-refractivity contribution in [1.82, 2.24) is 20.5 Å². The molecule has 0 saturated carbocycles. The highest BCUT2D eigenvalue weighted by atomic mass is 16.6. The number of methoxy groups -OCH3 is 1. The normalized spacial score (nSPS) is 15.8. The number of nitrogens with one attached hydrogen (secondary N) is 2. The maximum Gasteiger partial charge on any atom is 0.408 e. The van der Waals surface area contributed by atoms with Crippen LogP contribution in [-0.2, 0) is 30.9 Å². The molecule has 2 heterocycles. The van der Waals surface area contributed by atoms with Gasteiger partial charge in [-0.05, 0) is 95.5 Å². The smallest absolute Gasteiger partial charge is 0.408 e. The number of aromatic nitrogens is 1. The van der Waals surface area contributed by atoms with Crippen molar-refractivity contribution >= 4 is 29.5 Å². The predicted molar refractivity (Wildman–Crippen MR) is 191 cm³/mol. The Morgan fingerprint density at radius 3 is 2.28 bits per heavy atom. The zero-order chi connectivity index (χ0) is 36.1.